The summed E-state index contributed by atoms with van der Waals surface area (Å²) < 4.78 is 5.43. The summed E-state index contributed by atoms with van der Waals surface area (Å²) in [5.74, 6) is 1.58. The quantitative estimate of drug-likeness (QED) is 0.512. The number of fused-ring (bicyclic) bond motifs is 1. The zero-order chi connectivity index (χ0) is 22.7. The highest BCUT2D eigenvalue weighted by Crippen LogP contribution is 2.44. The van der Waals surface area contributed by atoms with Crippen LogP contribution in [0.15, 0.2) is 29.5 Å². The molecule has 0 amide bonds. The zero-order valence-corrected chi connectivity index (χ0v) is 20.4. The second kappa shape index (κ2) is 10.3. The number of likely N-dealkylation sites (tertiary alicyclic amines) is 2. The van der Waals surface area contributed by atoms with Gasteiger partial charge in [-0.2, -0.15) is 4.91 Å². The maximum atomic E-state index is 12.4. The number of benzene rings is 1. The highest BCUT2D eigenvalue weighted by Gasteiger charge is 2.46. The van der Waals surface area contributed by atoms with E-state index in [9.17, 15) is 4.91 Å². The van der Waals surface area contributed by atoms with E-state index in [0.29, 0.717) is 11.8 Å². The van der Waals surface area contributed by atoms with Gasteiger partial charge in [0.15, 0.2) is 0 Å². The Morgan fingerprint density at radius 3 is 2.52 bits per heavy atom. The Labute approximate surface area is 199 Å². The number of hydrogen-bond acceptors (Lipinski definition) is 5. The number of methoxy groups -OCH3 is 1. The standard InChI is InChI=1S/C28H41N3O2/c1-33-26-10-9-22-19-24(8-7-23(22)20-26)27(28(29-32)13-3-2-4-14-28)21-30-17-11-25(12-18-30)31-15-5-6-16-31/h7-10,20,24-25,27H,2-6,11-19,21H2,1H3. The molecule has 0 spiro atoms. The van der Waals surface area contributed by atoms with Crippen molar-refractivity contribution in [2.24, 2.45) is 17.0 Å². The summed E-state index contributed by atoms with van der Waals surface area (Å²) in [5.41, 5.74) is 2.23. The molecule has 1 aromatic rings. The summed E-state index contributed by atoms with van der Waals surface area (Å²) in [6, 6.07) is 7.19. The molecule has 180 valence electrons. The molecule has 5 rings (SSSR count). The summed E-state index contributed by atoms with van der Waals surface area (Å²) >= 11 is 0. The number of nitrogens with zero attached hydrogens (tertiary/aromatic N) is 3. The number of allylic oxidation sites excluding steroid dienone is 1. The van der Waals surface area contributed by atoms with E-state index in [2.05, 4.69) is 45.3 Å². The third kappa shape index (κ3) is 4.90. The molecule has 1 saturated carbocycles. The van der Waals surface area contributed by atoms with Gasteiger partial charge in [-0.15, -0.1) is 0 Å². The Hall–Kier alpha value is -1.72. The van der Waals surface area contributed by atoms with Gasteiger partial charge in [-0.3, -0.25) is 0 Å². The molecule has 2 saturated heterocycles. The van der Waals surface area contributed by atoms with Gasteiger partial charge in [0, 0.05) is 18.5 Å². The molecular formula is C28H41N3O2. The molecule has 33 heavy (non-hydrogen) atoms. The van der Waals surface area contributed by atoms with Crippen LogP contribution in [0.3, 0.4) is 0 Å². The topological polar surface area (TPSA) is 45.1 Å². The summed E-state index contributed by atoms with van der Waals surface area (Å²) in [4.78, 5) is 17.8. The van der Waals surface area contributed by atoms with Crippen LogP contribution >= 0.6 is 0 Å². The molecular weight excluding hydrogens is 410 g/mol. The van der Waals surface area contributed by atoms with Gasteiger partial charge in [-0.05, 0) is 100 Å². The fourth-order valence-corrected chi connectivity index (χ4v) is 7.12. The van der Waals surface area contributed by atoms with Crippen LogP contribution < -0.4 is 4.74 Å². The van der Waals surface area contributed by atoms with Crippen LogP contribution in [0.25, 0.3) is 6.08 Å². The SMILES string of the molecule is COc1ccc2c(c1)C=CC(C(CN1CCC(N3CCCC3)CC1)C1(N=O)CCCCC1)C2. The zero-order valence-electron chi connectivity index (χ0n) is 20.4. The fraction of sp³-hybridized carbons (Fsp3) is 0.714. The molecule has 0 radical (unpaired) electrons. The molecule has 2 aliphatic carbocycles. The van der Waals surface area contributed by atoms with Gasteiger partial charge in [0.2, 0.25) is 0 Å². The Balaban J connectivity index is 1.33. The minimum atomic E-state index is -0.400. The van der Waals surface area contributed by atoms with Crippen molar-refractivity contribution in [1.29, 1.82) is 0 Å². The van der Waals surface area contributed by atoms with Crippen LogP contribution in [-0.2, 0) is 6.42 Å². The Kier molecular flexibility index (Phi) is 7.17. The smallest absolute Gasteiger partial charge is 0.119 e. The van der Waals surface area contributed by atoms with E-state index in [0.717, 1.165) is 63.5 Å². The third-order valence-corrected chi connectivity index (χ3v) is 9.11. The van der Waals surface area contributed by atoms with Crippen molar-refractivity contribution in [3.8, 4) is 5.75 Å². The minimum Gasteiger partial charge on any atom is -0.497 e. The summed E-state index contributed by atoms with van der Waals surface area (Å²) in [7, 11) is 1.72. The van der Waals surface area contributed by atoms with Crippen LogP contribution in [0.1, 0.15) is 68.9 Å². The fourth-order valence-electron chi connectivity index (χ4n) is 7.12. The number of hydrogen-bond donors (Lipinski definition) is 0. The lowest BCUT2D eigenvalue weighted by Crippen LogP contribution is -2.51. The maximum Gasteiger partial charge on any atom is 0.119 e. The van der Waals surface area contributed by atoms with Crippen LogP contribution in [0.2, 0.25) is 0 Å². The van der Waals surface area contributed by atoms with Gasteiger partial charge in [0.1, 0.15) is 11.3 Å². The minimum absolute atomic E-state index is 0.296. The number of ether oxygens (including phenoxy) is 1. The van der Waals surface area contributed by atoms with Gasteiger partial charge in [-0.1, -0.05) is 42.7 Å². The van der Waals surface area contributed by atoms with E-state index >= 15 is 0 Å². The number of piperidine rings is 1. The van der Waals surface area contributed by atoms with Crippen LogP contribution in [0, 0.1) is 16.7 Å². The van der Waals surface area contributed by atoms with Gasteiger partial charge in [0.05, 0.1) is 7.11 Å². The molecule has 3 fully saturated rings. The first-order valence-electron chi connectivity index (χ1n) is 13.4. The predicted molar refractivity (Wildman–Crippen MR) is 135 cm³/mol. The van der Waals surface area contributed by atoms with Crippen molar-refractivity contribution >= 4 is 6.08 Å². The van der Waals surface area contributed by atoms with Crippen molar-refractivity contribution in [1.82, 2.24) is 9.80 Å². The predicted octanol–water partition coefficient (Wildman–Crippen LogP) is 5.53. The molecule has 0 N–H and O–H groups in total. The van der Waals surface area contributed by atoms with Crippen molar-refractivity contribution < 1.29 is 4.74 Å². The van der Waals surface area contributed by atoms with Crippen LogP contribution in [-0.4, -0.2) is 61.2 Å². The molecule has 2 aliphatic heterocycles. The molecule has 4 aliphatic rings. The van der Waals surface area contributed by atoms with E-state index in [1.54, 1.807) is 7.11 Å². The average molecular weight is 452 g/mol. The summed E-state index contributed by atoms with van der Waals surface area (Å²) in [6.07, 6.45) is 16.4. The Morgan fingerprint density at radius 1 is 1.06 bits per heavy atom. The Bertz CT molecular complexity index is 834. The van der Waals surface area contributed by atoms with Crippen molar-refractivity contribution in [2.45, 2.75) is 75.8 Å². The summed E-state index contributed by atoms with van der Waals surface area (Å²) in [5, 5.41) is 3.94. The normalized spacial score (nSPS) is 27.2. The molecule has 1 aromatic carbocycles. The second-order valence-corrected chi connectivity index (χ2v) is 10.9. The molecule has 0 bridgehead atoms. The van der Waals surface area contributed by atoms with E-state index in [-0.39, 0.29) is 0 Å². The van der Waals surface area contributed by atoms with Gasteiger partial charge < -0.3 is 14.5 Å². The molecule has 5 heteroatoms. The van der Waals surface area contributed by atoms with Crippen molar-refractivity contribution in [3.63, 3.8) is 0 Å². The van der Waals surface area contributed by atoms with Crippen LogP contribution in [0.5, 0.6) is 5.75 Å². The molecule has 5 nitrogen and oxygen atoms in total. The van der Waals surface area contributed by atoms with Crippen molar-refractivity contribution in [3.05, 3.63) is 40.3 Å². The maximum absolute atomic E-state index is 12.4. The van der Waals surface area contributed by atoms with Gasteiger partial charge in [-0.25, -0.2) is 0 Å². The lowest BCUT2D eigenvalue weighted by molar-refractivity contribution is 0.0707. The van der Waals surface area contributed by atoms with E-state index in [1.807, 2.05) is 0 Å². The first-order chi connectivity index (χ1) is 16.2. The molecule has 0 aromatic heterocycles. The lowest BCUT2D eigenvalue weighted by Gasteiger charge is -2.45. The molecule has 2 heterocycles. The van der Waals surface area contributed by atoms with E-state index in [1.165, 1.54) is 56.3 Å². The lowest BCUT2D eigenvalue weighted by atomic mass is 9.65. The molecule has 2 unspecified atom stereocenters. The summed E-state index contributed by atoms with van der Waals surface area (Å²) in [6.45, 7) is 5.93. The van der Waals surface area contributed by atoms with E-state index in [4.69, 9.17) is 4.74 Å². The monoisotopic (exact) mass is 451 g/mol. The highest BCUT2D eigenvalue weighted by molar-refractivity contribution is 5.59. The van der Waals surface area contributed by atoms with E-state index < -0.39 is 5.54 Å². The number of nitroso groups, excluding NO2 is 1. The van der Waals surface area contributed by atoms with Gasteiger partial charge >= 0.3 is 0 Å². The number of rotatable bonds is 7. The molecule has 2 atom stereocenters. The second-order valence-electron chi connectivity index (χ2n) is 10.9. The van der Waals surface area contributed by atoms with Crippen LogP contribution in [0.4, 0.5) is 0 Å². The first kappa shape index (κ1) is 23.0. The first-order valence-corrected chi connectivity index (χ1v) is 13.4. The largest absolute Gasteiger partial charge is 0.497 e. The highest BCUT2D eigenvalue weighted by atomic mass is 16.5. The van der Waals surface area contributed by atoms with Crippen molar-refractivity contribution in [2.75, 3.05) is 39.8 Å². The average Bonchev–Trinajstić information content (AvgIpc) is 3.42. The van der Waals surface area contributed by atoms with Gasteiger partial charge in [0.25, 0.3) is 0 Å². The third-order valence-electron chi connectivity index (χ3n) is 9.11. The Morgan fingerprint density at radius 2 is 1.82 bits per heavy atom.